The Bertz CT molecular complexity index is 356. The summed E-state index contributed by atoms with van der Waals surface area (Å²) in [5.74, 6) is 2.24. The minimum Gasteiger partial charge on any atom is -0.396 e. The fourth-order valence-corrected chi connectivity index (χ4v) is 2.94. The van der Waals surface area contributed by atoms with Crippen molar-refractivity contribution < 1.29 is 9.84 Å². The molecule has 3 rings (SSSR count). The van der Waals surface area contributed by atoms with Gasteiger partial charge in [0.05, 0.1) is 12.7 Å². The molecule has 2 fully saturated rings. The Hall–Kier alpha value is -0.860. The van der Waals surface area contributed by atoms with E-state index in [1.807, 2.05) is 6.07 Å². The minimum absolute atomic E-state index is 0.386. The van der Waals surface area contributed by atoms with Crippen molar-refractivity contribution in [1.82, 2.24) is 0 Å². The molecule has 2 saturated carbocycles. The standard InChI is InChI=1S/C15H20O2/c16-9-13-8-15(13)12-6-14(7-12)17-10-11-4-2-1-3-5-11/h1-5,12-16H,6-10H2/t12?,13-,14?,15-/m1/s1. The van der Waals surface area contributed by atoms with Crippen LogP contribution in [0.2, 0.25) is 0 Å². The SMILES string of the molecule is OC[C@H]1C[C@@H]1C1CC(OCc2ccccc2)C1. The normalized spacial score (nSPS) is 35.4. The number of hydrogen-bond acceptors (Lipinski definition) is 2. The molecule has 1 N–H and O–H groups in total. The zero-order chi connectivity index (χ0) is 11.7. The van der Waals surface area contributed by atoms with Gasteiger partial charge in [-0.3, -0.25) is 0 Å². The van der Waals surface area contributed by atoms with E-state index in [2.05, 4.69) is 24.3 Å². The minimum atomic E-state index is 0.386. The van der Waals surface area contributed by atoms with Crippen LogP contribution in [0.4, 0.5) is 0 Å². The van der Waals surface area contributed by atoms with Crippen molar-refractivity contribution in [2.75, 3.05) is 6.61 Å². The number of ether oxygens (including phenoxy) is 1. The van der Waals surface area contributed by atoms with Crippen molar-refractivity contribution in [3.8, 4) is 0 Å². The summed E-state index contributed by atoms with van der Waals surface area (Å²) in [5.41, 5.74) is 1.26. The highest BCUT2D eigenvalue weighted by atomic mass is 16.5. The smallest absolute Gasteiger partial charge is 0.0720 e. The first-order valence-electron chi connectivity index (χ1n) is 6.63. The van der Waals surface area contributed by atoms with E-state index < -0.39 is 0 Å². The molecular formula is C15H20O2. The van der Waals surface area contributed by atoms with Gasteiger partial charge in [-0.2, -0.15) is 0 Å². The van der Waals surface area contributed by atoms with Gasteiger partial charge in [0, 0.05) is 6.61 Å². The molecule has 0 spiro atoms. The molecule has 2 aliphatic carbocycles. The lowest BCUT2D eigenvalue weighted by Crippen LogP contribution is -2.33. The van der Waals surface area contributed by atoms with Gasteiger partial charge in [-0.1, -0.05) is 30.3 Å². The molecule has 2 heteroatoms. The van der Waals surface area contributed by atoms with Gasteiger partial charge in [0.25, 0.3) is 0 Å². The molecule has 0 amide bonds. The lowest BCUT2D eigenvalue weighted by atomic mass is 9.78. The van der Waals surface area contributed by atoms with Crippen LogP contribution in [0.15, 0.2) is 30.3 Å². The fourth-order valence-electron chi connectivity index (χ4n) is 2.94. The highest BCUT2D eigenvalue weighted by Gasteiger charge is 2.47. The summed E-state index contributed by atoms with van der Waals surface area (Å²) in [6, 6.07) is 10.4. The lowest BCUT2D eigenvalue weighted by molar-refractivity contribution is -0.0477. The second-order valence-electron chi connectivity index (χ2n) is 5.49. The largest absolute Gasteiger partial charge is 0.396 e. The molecule has 1 aromatic carbocycles. The maximum absolute atomic E-state index is 9.03. The van der Waals surface area contributed by atoms with E-state index in [1.54, 1.807) is 0 Å². The highest BCUT2D eigenvalue weighted by molar-refractivity contribution is 5.13. The van der Waals surface area contributed by atoms with Crippen LogP contribution in [0.5, 0.6) is 0 Å². The number of aliphatic hydroxyl groups excluding tert-OH is 1. The Balaban J connectivity index is 1.37. The lowest BCUT2D eigenvalue weighted by Gasteiger charge is -2.35. The fraction of sp³-hybridized carbons (Fsp3) is 0.600. The molecule has 17 heavy (non-hydrogen) atoms. The van der Waals surface area contributed by atoms with Crippen molar-refractivity contribution in [3.05, 3.63) is 35.9 Å². The van der Waals surface area contributed by atoms with Crippen LogP contribution in [0.25, 0.3) is 0 Å². The third-order valence-electron chi connectivity index (χ3n) is 4.28. The summed E-state index contributed by atoms with van der Waals surface area (Å²) >= 11 is 0. The van der Waals surface area contributed by atoms with Gasteiger partial charge in [-0.05, 0) is 42.6 Å². The summed E-state index contributed by atoms with van der Waals surface area (Å²) in [4.78, 5) is 0. The van der Waals surface area contributed by atoms with E-state index in [0.29, 0.717) is 18.6 Å². The number of benzene rings is 1. The quantitative estimate of drug-likeness (QED) is 0.845. The Labute approximate surface area is 103 Å². The van der Waals surface area contributed by atoms with E-state index in [-0.39, 0.29) is 0 Å². The second kappa shape index (κ2) is 4.79. The molecule has 1 aromatic rings. The number of rotatable bonds is 5. The van der Waals surface area contributed by atoms with Crippen LogP contribution in [0.1, 0.15) is 24.8 Å². The first-order chi connectivity index (χ1) is 8.36. The van der Waals surface area contributed by atoms with Gasteiger partial charge in [-0.15, -0.1) is 0 Å². The van der Waals surface area contributed by atoms with E-state index in [1.165, 1.54) is 24.8 Å². The Morgan fingerprint density at radius 2 is 1.88 bits per heavy atom. The third kappa shape index (κ3) is 2.53. The first kappa shape index (κ1) is 11.2. The molecule has 0 radical (unpaired) electrons. The third-order valence-corrected chi connectivity index (χ3v) is 4.28. The van der Waals surface area contributed by atoms with Crippen molar-refractivity contribution in [2.24, 2.45) is 17.8 Å². The molecule has 0 saturated heterocycles. The maximum atomic E-state index is 9.03. The molecule has 0 heterocycles. The van der Waals surface area contributed by atoms with Gasteiger partial charge in [-0.25, -0.2) is 0 Å². The molecule has 0 aromatic heterocycles. The molecule has 2 aliphatic rings. The zero-order valence-corrected chi connectivity index (χ0v) is 10.1. The van der Waals surface area contributed by atoms with E-state index >= 15 is 0 Å². The van der Waals surface area contributed by atoms with Crippen LogP contribution >= 0.6 is 0 Å². The summed E-state index contributed by atoms with van der Waals surface area (Å²) in [5, 5.41) is 9.03. The van der Waals surface area contributed by atoms with Crippen LogP contribution in [0.3, 0.4) is 0 Å². The molecule has 0 aliphatic heterocycles. The van der Waals surface area contributed by atoms with Crippen LogP contribution in [0, 0.1) is 17.8 Å². The topological polar surface area (TPSA) is 29.5 Å². The molecule has 0 unspecified atom stereocenters. The Morgan fingerprint density at radius 3 is 2.53 bits per heavy atom. The molecule has 2 atom stereocenters. The first-order valence-corrected chi connectivity index (χ1v) is 6.63. The van der Waals surface area contributed by atoms with Crippen molar-refractivity contribution in [3.63, 3.8) is 0 Å². The van der Waals surface area contributed by atoms with E-state index in [9.17, 15) is 0 Å². The molecule has 92 valence electrons. The summed E-state index contributed by atoms with van der Waals surface area (Å²) < 4.78 is 5.88. The van der Waals surface area contributed by atoms with Crippen molar-refractivity contribution in [1.29, 1.82) is 0 Å². The maximum Gasteiger partial charge on any atom is 0.0720 e. The van der Waals surface area contributed by atoms with Crippen molar-refractivity contribution in [2.45, 2.75) is 32.0 Å². The van der Waals surface area contributed by atoms with Gasteiger partial charge < -0.3 is 9.84 Å². The number of aliphatic hydroxyl groups is 1. The van der Waals surface area contributed by atoms with Crippen LogP contribution < -0.4 is 0 Å². The summed E-state index contributed by atoms with van der Waals surface area (Å²) in [7, 11) is 0. The number of hydrogen-bond donors (Lipinski definition) is 1. The van der Waals surface area contributed by atoms with Crippen LogP contribution in [-0.2, 0) is 11.3 Å². The average Bonchev–Trinajstić information content (AvgIpc) is 3.08. The molecular weight excluding hydrogens is 212 g/mol. The summed E-state index contributed by atoms with van der Waals surface area (Å²) in [6.07, 6.45) is 4.11. The van der Waals surface area contributed by atoms with Crippen LogP contribution in [-0.4, -0.2) is 17.8 Å². The van der Waals surface area contributed by atoms with Gasteiger partial charge in [0.2, 0.25) is 0 Å². The molecule has 0 bridgehead atoms. The average molecular weight is 232 g/mol. The van der Waals surface area contributed by atoms with Gasteiger partial charge >= 0.3 is 0 Å². The predicted octanol–water partition coefficient (Wildman–Crippen LogP) is 2.61. The monoisotopic (exact) mass is 232 g/mol. The van der Waals surface area contributed by atoms with E-state index in [4.69, 9.17) is 9.84 Å². The van der Waals surface area contributed by atoms with Crippen molar-refractivity contribution >= 4 is 0 Å². The Kier molecular flexibility index (Phi) is 3.17. The predicted molar refractivity (Wildman–Crippen MR) is 66.4 cm³/mol. The zero-order valence-electron chi connectivity index (χ0n) is 10.1. The van der Waals surface area contributed by atoms with Gasteiger partial charge in [0.15, 0.2) is 0 Å². The van der Waals surface area contributed by atoms with E-state index in [0.717, 1.165) is 18.4 Å². The second-order valence-corrected chi connectivity index (χ2v) is 5.49. The Morgan fingerprint density at radius 1 is 1.12 bits per heavy atom. The molecule has 2 nitrogen and oxygen atoms in total. The van der Waals surface area contributed by atoms with Gasteiger partial charge in [0.1, 0.15) is 0 Å². The highest BCUT2D eigenvalue weighted by Crippen LogP contribution is 2.52. The summed E-state index contributed by atoms with van der Waals surface area (Å²) in [6.45, 7) is 1.13.